The van der Waals surface area contributed by atoms with Crippen LogP contribution in [-0.2, 0) is 16.1 Å². The first kappa shape index (κ1) is 23.1. The highest BCUT2D eigenvalue weighted by atomic mass is 35.5. The fourth-order valence-corrected chi connectivity index (χ4v) is 4.21. The minimum atomic E-state index is -0.301. The zero-order valence-corrected chi connectivity index (χ0v) is 19.6. The number of nitrogens with one attached hydrogen (secondary N) is 2. The zero-order valence-electron chi connectivity index (χ0n) is 18.8. The topological polar surface area (TPSA) is 81.6 Å². The van der Waals surface area contributed by atoms with E-state index in [1.807, 2.05) is 42.7 Å². The lowest BCUT2D eigenvalue weighted by Crippen LogP contribution is -2.40. The van der Waals surface area contributed by atoms with Gasteiger partial charge in [0.1, 0.15) is 11.4 Å². The van der Waals surface area contributed by atoms with Crippen molar-refractivity contribution in [3.63, 3.8) is 0 Å². The maximum Gasteiger partial charge on any atom is 0.268 e. The second kappa shape index (κ2) is 9.85. The number of anilines is 1. The molecule has 2 amide bonds. The number of hydrogen-bond acceptors (Lipinski definition) is 4. The van der Waals surface area contributed by atoms with Gasteiger partial charge in [-0.25, -0.2) is 0 Å². The molecule has 0 radical (unpaired) electrons. The highest BCUT2D eigenvalue weighted by Crippen LogP contribution is 2.26. The number of nitrogens with zero attached hydrogens (tertiary/aromatic N) is 1. The van der Waals surface area contributed by atoms with Crippen molar-refractivity contribution in [2.24, 2.45) is 0 Å². The third-order valence-electron chi connectivity index (χ3n) is 5.84. The van der Waals surface area contributed by atoms with Gasteiger partial charge in [0.05, 0.1) is 5.60 Å². The van der Waals surface area contributed by atoms with Crippen molar-refractivity contribution < 1.29 is 19.1 Å². The van der Waals surface area contributed by atoms with Gasteiger partial charge in [-0.2, -0.15) is 0 Å². The van der Waals surface area contributed by atoms with E-state index in [0.29, 0.717) is 35.2 Å². The molecule has 2 N–H and O–H groups in total. The summed E-state index contributed by atoms with van der Waals surface area (Å²) in [7, 11) is 0. The van der Waals surface area contributed by atoms with Gasteiger partial charge in [-0.05, 0) is 75.2 Å². The Bertz CT molecular complexity index is 1150. The Labute approximate surface area is 198 Å². The first-order valence-electron chi connectivity index (χ1n) is 11.1. The summed E-state index contributed by atoms with van der Waals surface area (Å²) in [6.07, 6.45) is 1.95. The number of ether oxygens (including phenoxy) is 2. The Morgan fingerprint density at radius 3 is 2.67 bits per heavy atom. The molecule has 1 aliphatic heterocycles. The summed E-state index contributed by atoms with van der Waals surface area (Å²) in [6, 6.07) is 14.3. The van der Waals surface area contributed by atoms with Gasteiger partial charge >= 0.3 is 0 Å². The van der Waals surface area contributed by atoms with Gasteiger partial charge in [0.2, 0.25) is 0 Å². The lowest BCUT2D eigenvalue weighted by molar-refractivity contribution is -0.118. The van der Waals surface area contributed by atoms with Gasteiger partial charge in [0.15, 0.2) is 6.61 Å². The summed E-state index contributed by atoms with van der Waals surface area (Å²) in [6.45, 7) is 5.78. The molecule has 1 unspecified atom stereocenters. The van der Waals surface area contributed by atoms with Crippen molar-refractivity contribution in [1.82, 2.24) is 9.88 Å². The molecule has 7 nitrogen and oxygen atoms in total. The normalized spacial score (nSPS) is 17.8. The predicted molar refractivity (Wildman–Crippen MR) is 129 cm³/mol. The molecule has 174 valence electrons. The van der Waals surface area contributed by atoms with E-state index in [1.54, 1.807) is 24.3 Å². The minimum Gasteiger partial charge on any atom is -0.484 e. The van der Waals surface area contributed by atoms with Crippen molar-refractivity contribution in [3.8, 4) is 5.75 Å². The summed E-state index contributed by atoms with van der Waals surface area (Å²) in [5, 5.41) is 7.34. The first-order valence-corrected chi connectivity index (χ1v) is 11.5. The van der Waals surface area contributed by atoms with Crippen LogP contribution >= 0.6 is 11.6 Å². The smallest absolute Gasteiger partial charge is 0.268 e. The van der Waals surface area contributed by atoms with E-state index in [0.717, 1.165) is 30.4 Å². The van der Waals surface area contributed by atoms with Crippen molar-refractivity contribution >= 4 is 40.0 Å². The van der Waals surface area contributed by atoms with E-state index in [-0.39, 0.29) is 24.0 Å². The summed E-state index contributed by atoms with van der Waals surface area (Å²) < 4.78 is 13.2. The molecule has 0 aliphatic carbocycles. The Balaban J connectivity index is 1.43. The average molecular weight is 470 g/mol. The van der Waals surface area contributed by atoms with Crippen molar-refractivity contribution in [3.05, 3.63) is 59.2 Å². The Kier molecular flexibility index (Phi) is 6.91. The molecule has 4 rings (SSSR count). The predicted octanol–water partition coefficient (Wildman–Crippen LogP) is 4.63. The molecule has 2 aromatic carbocycles. The van der Waals surface area contributed by atoms with E-state index in [1.165, 1.54) is 0 Å². The molecule has 0 saturated carbocycles. The van der Waals surface area contributed by atoms with Crippen molar-refractivity contribution in [2.75, 3.05) is 25.1 Å². The van der Waals surface area contributed by atoms with Crippen LogP contribution in [0.5, 0.6) is 5.75 Å². The SMILES string of the molecule is CCn1c(C(=O)NCC2(C)CCCO2)cc2cc(NC(=O)COc3ccc(Cl)cc3)ccc21. The fraction of sp³-hybridized carbons (Fsp3) is 0.360. The molecule has 1 aromatic heterocycles. The molecule has 1 atom stereocenters. The van der Waals surface area contributed by atoms with Crippen LogP contribution in [0, 0.1) is 0 Å². The number of aryl methyl sites for hydroxylation is 1. The van der Waals surface area contributed by atoms with Crippen LogP contribution in [0.4, 0.5) is 5.69 Å². The third kappa shape index (κ3) is 5.49. The molecule has 33 heavy (non-hydrogen) atoms. The lowest BCUT2D eigenvalue weighted by Gasteiger charge is -2.23. The van der Waals surface area contributed by atoms with Crippen LogP contribution in [0.15, 0.2) is 48.5 Å². The van der Waals surface area contributed by atoms with E-state index < -0.39 is 0 Å². The second-order valence-corrected chi connectivity index (χ2v) is 8.86. The molecule has 1 fully saturated rings. The average Bonchev–Trinajstić information content (AvgIpc) is 3.40. The number of fused-ring (bicyclic) bond motifs is 1. The van der Waals surface area contributed by atoms with Crippen LogP contribution in [0.25, 0.3) is 10.9 Å². The Morgan fingerprint density at radius 1 is 1.18 bits per heavy atom. The van der Waals surface area contributed by atoms with Gasteiger partial charge in [0.25, 0.3) is 11.8 Å². The largest absolute Gasteiger partial charge is 0.484 e. The number of carbonyl (C=O) groups is 2. The summed E-state index contributed by atoms with van der Waals surface area (Å²) in [5.74, 6) is 0.159. The van der Waals surface area contributed by atoms with Crippen LogP contribution in [0.2, 0.25) is 5.02 Å². The number of benzene rings is 2. The molecular formula is C25H28ClN3O4. The van der Waals surface area contributed by atoms with E-state index >= 15 is 0 Å². The highest BCUT2D eigenvalue weighted by molar-refractivity contribution is 6.30. The number of aromatic nitrogens is 1. The van der Waals surface area contributed by atoms with Crippen molar-refractivity contribution in [2.45, 2.75) is 38.8 Å². The summed E-state index contributed by atoms with van der Waals surface area (Å²) in [4.78, 5) is 25.2. The summed E-state index contributed by atoms with van der Waals surface area (Å²) in [5.41, 5.74) is 1.86. The highest BCUT2D eigenvalue weighted by Gasteiger charge is 2.30. The van der Waals surface area contributed by atoms with Gasteiger partial charge < -0.3 is 24.7 Å². The lowest BCUT2D eigenvalue weighted by atomic mass is 10.0. The standard InChI is InChI=1S/C25H28ClN3O4/c1-3-29-21-10-7-19(28-23(30)15-32-20-8-5-18(26)6-9-20)13-17(21)14-22(29)24(31)27-16-25(2)11-4-12-33-25/h5-10,13-14H,3-4,11-12,15-16H2,1-2H3,(H,27,31)(H,28,30). The minimum absolute atomic E-state index is 0.121. The maximum absolute atomic E-state index is 12.9. The molecule has 2 heterocycles. The molecule has 0 spiro atoms. The number of rotatable bonds is 8. The maximum atomic E-state index is 12.9. The number of halogens is 1. The van der Waals surface area contributed by atoms with Crippen LogP contribution in [0.3, 0.4) is 0 Å². The fourth-order valence-electron chi connectivity index (χ4n) is 4.09. The van der Waals surface area contributed by atoms with Gasteiger partial charge in [-0.1, -0.05) is 11.6 Å². The van der Waals surface area contributed by atoms with E-state index in [2.05, 4.69) is 10.6 Å². The molecule has 3 aromatic rings. The van der Waals surface area contributed by atoms with Crippen LogP contribution in [-0.4, -0.2) is 41.7 Å². The van der Waals surface area contributed by atoms with E-state index in [4.69, 9.17) is 21.1 Å². The van der Waals surface area contributed by atoms with E-state index in [9.17, 15) is 9.59 Å². The molecule has 1 aliphatic rings. The monoisotopic (exact) mass is 469 g/mol. The molecule has 8 heteroatoms. The first-order chi connectivity index (χ1) is 15.9. The second-order valence-electron chi connectivity index (χ2n) is 8.42. The molecule has 0 bridgehead atoms. The third-order valence-corrected chi connectivity index (χ3v) is 6.09. The van der Waals surface area contributed by atoms with Gasteiger partial charge in [0, 0.05) is 41.3 Å². The number of amides is 2. The van der Waals surface area contributed by atoms with Crippen molar-refractivity contribution in [1.29, 1.82) is 0 Å². The number of hydrogen-bond donors (Lipinski definition) is 2. The summed E-state index contributed by atoms with van der Waals surface area (Å²) >= 11 is 5.86. The molecule has 1 saturated heterocycles. The van der Waals surface area contributed by atoms with Crippen LogP contribution in [0.1, 0.15) is 37.2 Å². The quantitative estimate of drug-likeness (QED) is 0.504. The van der Waals surface area contributed by atoms with Gasteiger partial charge in [-0.3, -0.25) is 9.59 Å². The Morgan fingerprint density at radius 2 is 1.97 bits per heavy atom. The molecular weight excluding hydrogens is 442 g/mol. The number of carbonyl (C=O) groups excluding carboxylic acids is 2. The zero-order chi connectivity index (χ0) is 23.4. The van der Waals surface area contributed by atoms with Gasteiger partial charge in [-0.15, -0.1) is 0 Å². The Hall–Kier alpha value is -3.03. The van der Waals surface area contributed by atoms with Crippen LogP contribution < -0.4 is 15.4 Å².